The number of rotatable bonds is 2. The second kappa shape index (κ2) is 4.50. The van der Waals surface area contributed by atoms with E-state index in [1.807, 2.05) is 0 Å². The van der Waals surface area contributed by atoms with Crippen LogP contribution in [0.4, 0.5) is 0 Å². The molecule has 8 atom stereocenters. The van der Waals surface area contributed by atoms with Crippen LogP contribution < -0.4 is 11.1 Å². The highest BCUT2D eigenvalue weighted by Crippen LogP contribution is 2.51. The molecular weight excluding hydrogens is 302 g/mol. The van der Waals surface area contributed by atoms with E-state index in [1.54, 1.807) is 0 Å². The van der Waals surface area contributed by atoms with Crippen molar-refractivity contribution in [2.75, 3.05) is 6.61 Å². The molecule has 2 heterocycles. The SMILES string of the molecule is NC1=N[C@H]2O[C@@H](C(=O)O)[C@@]3(N1)[C@@H]2[C@@H](O)[C@@](O)(CO)[C@H](O)[C@@H]3O. The molecule has 1 saturated carbocycles. The van der Waals surface area contributed by atoms with Crippen LogP contribution in [0.3, 0.4) is 0 Å². The van der Waals surface area contributed by atoms with Gasteiger partial charge in [-0.15, -0.1) is 0 Å². The molecule has 0 spiro atoms. The van der Waals surface area contributed by atoms with Crippen LogP contribution in [0.5, 0.6) is 0 Å². The third kappa shape index (κ3) is 1.55. The molecule has 2 aliphatic heterocycles. The van der Waals surface area contributed by atoms with Gasteiger partial charge in [0.2, 0.25) is 0 Å². The van der Waals surface area contributed by atoms with Gasteiger partial charge in [0.1, 0.15) is 23.3 Å². The number of ether oxygens (including phenoxy) is 1. The normalized spacial score (nSPS) is 53.4. The molecule has 3 aliphatic rings. The van der Waals surface area contributed by atoms with Crippen molar-refractivity contribution in [1.29, 1.82) is 0 Å². The summed E-state index contributed by atoms with van der Waals surface area (Å²) in [7, 11) is 0. The summed E-state index contributed by atoms with van der Waals surface area (Å²) in [5.74, 6) is -2.92. The fourth-order valence-electron chi connectivity index (χ4n) is 3.71. The molecule has 1 saturated heterocycles. The van der Waals surface area contributed by atoms with E-state index in [1.165, 1.54) is 0 Å². The van der Waals surface area contributed by atoms with E-state index in [0.717, 1.165) is 0 Å². The Hall–Kier alpha value is -1.50. The lowest BCUT2D eigenvalue weighted by molar-refractivity contribution is -0.258. The third-order valence-corrected chi connectivity index (χ3v) is 4.81. The van der Waals surface area contributed by atoms with Gasteiger partial charge in [-0.1, -0.05) is 0 Å². The van der Waals surface area contributed by atoms with Crippen LogP contribution in [0.15, 0.2) is 4.99 Å². The fourth-order valence-corrected chi connectivity index (χ4v) is 3.71. The minimum atomic E-state index is -2.45. The first kappa shape index (κ1) is 15.4. The fraction of sp³-hybridized carbons (Fsp3) is 0.818. The maximum absolute atomic E-state index is 11.4. The summed E-state index contributed by atoms with van der Waals surface area (Å²) in [4.78, 5) is 15.3. The lowest BCUT2D eigenvalue weighted by Crippen LogP contribution is -2.82. The first-order valence-corrected chi connectivity index (χ1v) is 6.57. The number of nitrogens with one attached hydrogen (secondary N) is 1. The minimum Gasteiger partial charge on any atom is -0.479 e. The van der Waals surface area contributed by atoms with Crippen LogP contribution in [0.1, 0.15) is 0 Å². The van der Waals surface area contributed by atoms with Crippen molar-refractivity contribution in [2.24, 2.45) is 16.6 Å². The number of nitrogens with zero attached hydrogens (tertiary/aromatic N) is 1. The maximum atomic E-state index is 11.4. The Morgan fingerprint density at radius 3 is 2.50 bits per heavy atom. The van der Waals surface area contributed by atoms with Crippen molar-refractivity contribution in [3.63, 3.8) is 0 Å². The Morgan fingerprint density at radius 2 is 1.95 bits per heavy atom. The summed E-state index contributed by atoms with van der Waals surface area (Å²) in [6.07, 6.45) is -8.66. The molecule has 11 heteroatoms. The van der Waals surface area contributed by atoms with Gasteiger partial charge in [-0.05, 0) is 0 Å². The van der Waals surface area contributed by atoms with Gasteiger partial charge in [-0.2, -0.15) is 0 Å². The number of carboxylic acids is 1. The number of aliphatic hydroxyl groups is 5. The van der Waals surface area contributed by atoms with Gasteiger partial charge in [-0.25, -0.2) is 9.79 Å². The predicted octanol–water partition coefficient (Wildman–Crippen LogP) is -5.11. The van der Waals surface area contributed by atoms with Crippen LogP contribution in [-0.4, -0.2) is 91.0 Å². The smallest absolute Gasteiger partial charge is 0.335 e. The highest BCUT2D eigenvalue weighted by molar-refractivity contribution is 5.84. The summed E-state index contributed by atoms with van der Waals surface area (Å²) in [5.41, 5.74) is 1.21. The number of nitrogens with two attached hydrogens (primary N) is 1. The molecule has 0 amide bonds. The Bertz CT molecular complexity index is 543. The van der Waals surface area contributed by atoms with Crippen LogP contribution in [-0.2, 0) is 9.53 Å². The summed E-state index contributed by atoms with van der Waals surface area (Å²) in [6, 6.07) is 0. The molecule has 2 bridgehead atoms. The summed E-state index contributed by atoms with van der Waals surface area (Å²) in [6.45, 7) is -1.05. The number of aliphatic imine (C=N–C) groups is 1. The molecule has 2 fully saturated rings. The number of hydrogen-bond donors (Lipinski definition) is 8. The van der Waals surface area contributed by atoms with Gasteiger partial charge in [0.15, 0.2) is 18.3 Å². The number of hydrogen-bond acceptors (Lipinski definition) is 10. The van der Waals surface area contributed by atoms with Gasteiger partial charge >= 0.3 is 5.97 Å². The van der Waals surface area contributed by atoms with E-state index in [4.69, 9.17) is 10.5 Å². The van der Waals surface area contributed by atoms with Gasteiger partial charge < -0.3 is 46.4 Å². The topological polar surface area (TPSA) is 198 Å². The first-order chi connectivity index (χ1) is 10.2. The van der Waals surface area contributed by atoms with Crippen molar-refractivity contribution in [1.82, 2.24) is 5.32 Å². The molecule has 1 aliphatic carbocycles. The zero-order valence-electron chi connectivity index (χ0n) is 11.2. The van der Waals surface area contributed by atoms with Gasteiger partial charge in [0.05, 0.1) is 18.6 Å². The van der Waals surface area contributed by atoms with Crippen LogP contribution in [0, 0.1) is 5.92 Å². The Morgan fingerprint density at radius 1 is 1.32 bits per heavy atom. The van der Waals surface area contributed by atoms with Crippen LogP contribution in [0.2, 0.25) is 0 Å². The molecule has 3 rings (SSSR count). The third-order valence-electron chi connectivity index (χ3n) is 4.81. The molecule has 22 heavy (non-hydrogen) atoms. The zero-order valence-corrected chi connectivity index (χ0v) is 11.2. The van der Waals surface area contributed by atoms with Gasteiger partial charge in [0.25, 0.3) is 0 Å². The van der Waals surface area contributed by atoms with E-state index < -0.39 is 60.3 Å². The number of aliphatic hydroxyl groups excluding tert-OH is 4. The second-order valence-electron chi connectivity index (χ2n) is 5.83. The molecule has 0 aromatic carbocycles. The van der Waals surface area contributed by atoms with Crippen LogP contribution >= 0.6 is 0 Å². The molecule has 0 radical (unpaired) electrons. The molecular formula is C11H17N3O8. The lowest BCUT2D eigenvalue weighted by Gasteiger charge is -2.55. The highest BCUT2D eigenvalue weighted by Gasteiger charge is 2.75. The standard InChI is InChI=1S/C11H17N3O8/c12-9-13-7-2-3(16)10(21,1-15)4(17)5(18)11(2,14-9)6(22-7)8(19)20/h2-7,15-18,21H,1H2,(H,19,20)(H3,12,13,14)/t2-,3-,4-,5+,6+,7+,10+,11-/m1/s1. The number of carboxylic acid groups (broad SMARTS) is 1. The van der Waals surface area contributed by atoms with Crippen molar-refractivity contribution >= 4 is 11.9 Å². The average Bonchev–Trinajstić information content (AvgIpc) is 2.69. The minimum absolute atomic E-state index is 0.224. The van der Waals surface area contributed by atoms with Crippen LogP contribution in [0.25, 0.3) is 0 Å². The molecule has 9 N–H and O–H groups in total. The first-order valence-electron chi connectivity index (χ1n) is 6.57. The van der Waals surface area contributed by atoms with E-state index >= 15 is 0 Å². The van der Waals surface area contributed by atoms with E-state index in [9.17, 15) is 35.4 Å². The average molecular weight is 319 g/mol. The summed E-state index contributed by atoms with van der Waals surface area (Å²) < 4.78 is 5.23. The lowest BCUT2D eigenvalue weighted by atomic mass is 9.60. The largest absolute Gasteiger partial charge is 0.479 e. The van der Waals surface area contributed by atoms with E-state index in [2.05, 4.69) is 10.3 Å². The quantitative estimate of drug-likeness (QED) is 0.243. The van der Waals surface area contributed by atoms with Crippen molar-refractivity contribution in [2.45, 2.75) is 41.8 Å². The van der Waals surface area contributed by atoms with E-state index in [0.29, 0.717) is 0 Å². The molecule has 0 aromatic rings. The molecule has 11 nitrogen and oxygen atoms in total. The predicted molar refractivity (Wildman–Crippen MR) is 67.3 cm³/mol. The zero-order chi connectivity index (χ0) is 16.4. The molecule has 124 valence electrons. The number of guanidine groups is 1. The van der Waals surface area contributed by atoms with Crippen molar-refractivity contribution in [3.05, 3.63) is 0 Å². The molecule has 0 aromatic heterocycles. The van der Waals surface area contributed by atoms with E-state index in [-0.39, 0.29) is 5.96 Å². The Kier molecular flexibility index (Phi) is 3.15. The highest BCUT2D eigenvalue weighted by atomic mass is 16.5. The number of aliphatic carboxylic acids is 1. The van der Waals surface area contributed by atoms with Gasteiger partial charge in [-0.3, -0.25) is 0 Å². The van der Waals surface area contributed by atoms with Gasteiger partial charge in [0, 0.05) is 0 Å². The Labute approximate surface area is 123 Å². The summed E-state index contributed by atoms with van der Waals surface area (Å²) in [5, 5.41) is 62.3. The van der Waals surface area contributed by atoms with Crippen molar-refractivity contribution in [3.8, 4) is 0 Å². The Balaban J connectivity index is 2.17. The maximum Gasteiger partial charge on any atom is 0.335 e. The number of carbonyl (C=O) groups is 1. The monoisotopic (exact) mass is 319 g/mol. The summed E-state index contributed by atoms with van der Waals surface area (Å²) >= 11 is 0. The molecule has 0 unspecified atom stereocenters. The van der Waals surface area contributed by atoms with Crippen molar-refractivity contribution < 1.29 is 40.2 Å². The second-order valence-corrected chi connectivity index (χ2v) is 5.83.